The number of ether oxygens (including phenoxy) is 1. The summed E-state index contributed by atoms with van der Waals surface area (Å²) in [5.74, 6) is 0.600. The number of hydrogen-bond acceptors (Lipinski definition) is 4. The Labute approximate surface area is 99.6 Å². The first-order valence-corrected chi connectivity index (χ1v) is 6.10. The van der Waals surface area contributed by atoms with Gasteiger partial charge < -0.3 is 10.1 Å². The summed E-state index contributed by atoms with van der Waals surface area (Å²) in [6, 6.07) is 0. The minimum absolute atomic E-state index is 0.0738. The van der Waals surface area contributed by atoms with Crippen LogP contribution in [0.4, 0.5) is 5.82 Å². The van der Waals surface area contributed by atoms with E-state index in [1.54, 1.807) is 0 Å². The summed E-state index contributed by atoms with van der Waals surface area (Å²) in [4.78, 5) is 20.3. The highest BCUT2D eigenvalue weighted by atomic mass is 16.5. The summed E-state index contributed by atoms with van der Waals surface area (Å²) in [6.07, 6.45) is 6.02. The van der Waals surface area contributed by atoms with Crippen LogP contribution in [0.2, 0.25) is 0 Å². The molecule has 1 amide bonds. The van der Waals surface area contributed by atoms with Gasteiger partial charge in [0.2, 0.25) is 0 Å². The van der Waals surface area contributed by atoms with Crippen molar-refractivity contribution < 1.29 is 9.53 Å². The molecule has 1 aliphatic heterocycles. The van der Waals surface area contributed by atoms with Crippen LogP contribution in [0.1, 0.15) is 30.5 Å². The van der Waals surface area contributed by atoms with E-state index in [-0.39, 0.29) is 12.0 Å². The standard InChI is InChI=1S/C12H15N3O2/c16-12(10-5-2-6-17-10)15-11-8-3-1-4-9(8)13-7-14-11/h7,10H,1-6H2,(H,13,14,15,16). The summed E-state index contributed by atoms with van der Waals surface area (Å²) in [5.41, 5.74) is 2.17. The lowest BCUT2D eigenvalue weighted by Gasteiger charge is -2.11. The van der Waals surface area contributed by atoms with Gasteiger partial charge in [0.05, 0.1) is 0 Å². The van der Waals surface area contributed by atoms with Gasteiger partial charge in [-0.3, -0.25) is 4.79 Å². The molecule has 17 heavy (non-hydrogen) atoms. The van der Waals surface area contributed by atoms with Gasteiger partial charge in [-0.1, -0.05) is 0 Å². The number of carbonyl (C=O) groups excluding carboxylic acids is 1. The number of aromatic nitrogens is 2. The van der Waals surface area contributed by atoms with Crippen LogP contribution in [0.3, 0.4) is 0 Å². The monoisotopic (exact) mass is 233 g/mol. The fourth-order valence-electron chi connectivity index (χ4n) is 2.45. The van der Waals surface area contributed by atoms with Gasteiger partial charge in [0, 0.05) is 17.9 Å². The molecule has 1 aromatic rings. The Morgan fingerprint density at radius 1 is 1.35 bits per heavy atom. The molecule has 1 unspecified atom stereocenters. The highest BCUT2D eigenvalue weighted by Crippen LogP contribution is 2.25. The van der Waals surface area contributed by atoms with Crippen LogP contribution in [0.15, 0.2) is 6.33 Å². The number of amides is 1. The Kier molecular flexibility index (Phi) is 2.76. The molecule has 1 atom stereocenters. The van der Waals surface area contributed by atoms with E-state index in [1.165, 1.54) is 6.33 Å². The predicted octanol–water partition coefficient (Wildman–Crippen LogP) is 1.08. The predicted molar refractivity (Wildman–Crippen MR) is 61.7 cm³/mol. The minimum Gasteiger partial charge on any atom is -0.368 e. The van der Waals surface area contributed by atoms with Crippen molar-refractivity contribution in [1.82, 2.24) is 9.97 Å². The normalized spacial score (nSPS) is 22.5. The van der Waals surface area contributed by atoms with Crippen molar-refractivity contribution in [3.63, 3.8) is 0 Å². The van der Waals surface area contributed by atoms with Crippen molar-refractivity contribution in [2.75, 3.05) is 11.9 Å². The minimum atomic E-state index is -0.304. The van der Waals surface area contributed by atoms with E-state index in [0.29, 0.717) is 12.4 Å². The molecule has 2 heterocycles. The largest absolute Gasteiger partial charge is 0.368 e. The number of anilines is 1. The molecule has 0 saturated carbocycles. The third-order valence-corrected chi connectivity index (χ3v) is 3.34. The van der Waals surface area contributed by atoms with E-state index < -0.39 is 0 Å². The Balaban J connectivity index is 1.76. The molecular weight excluding hydrogens is 218 g/mol. The molecule has 1 aromatic heterocycles. The molecule has 1 saturated heterocycles. The zero-order chi connectivity index (χ0) is 11.7. The highest BCUT2D eigenvalue weighted by Gasteiger charge is 2.25. The molecule has 5 nitrogen and oxygen atoms in total. The zero-order valence-electron chi connectivity index (χ0n) is 9.61. The lowest BCUT2D eigenvalue weighted by molar-refractivity contribution is -0.124. The SMILES string of the molecule is O=C(Nc1ncnc2c1CCC2)C1CCCO1. The first kappa shape index (κ1) is 10.7. The van der Waals surface area contributed by atoms with Gasteiger partial charge in [0.25, 0.3) is 5.91 Å². The average Bonchev–Trinajstić information content (AvgIpc) is 3.00. The molecular formula is C12H15N3O2. The number of carbonyl (C=O) groups is 1. The fourth-order valence-corrected chi connectivity index (χ4v) is 2.45. The van der Waals surface area contributed by atoms with Crippen molar-refractivity contribution in [3.8, 4) is 0 Å². The van der Waals surface area contributed by atoms with E-state index in [2.05, 4.69) is 15.3 Å². The van der Waals surface area contributed by atoms with Gasteiger partial charge in [0.1, 0.15) is 18.2 Å². The summed E-state index contributed by atoms with van der Waals surface area (Å²) < 4.78 is 5.35. The molecule has 5 heteroatoms. The van der Waals surface area contributed by atoms with Crippen LogP contribution in [0, 0.1) is 0 Å². The van der Waals surface area contributed by atoms with Crippen molar-refractivity contribution in [2.45, 2.75) is 38.2 Å². The summed E-state index contributed by atoms with van der Waals surface area (Å²) >= 11 is 0. The third kappa shape index (κ3) is 2.02. The summed E-state index contributed by atoms with van der Waals surface area (Å²) in [5, 5.41) is 2.87. The Morgan fingerprint density at radius 2 is 2.29 bits per heavy atom. The van der Waals surface area contributed by atoms with E-state index in [4.69, 9.17) is 4.74 Å². The number of nitrogens with zero attached hydrogens (tertiary/aromatic N) is 2. The van der Waals surface area contributed by atoms with Crippen molar-refractivity contribution >= 4 is 11.7 Å². The van der Waals surface area contributed by atoms with E-state index in [0.717, 1.165) is 43.4 Å². The maximum absolute atomic E-state index is 11.9. The van der Waals surface area contributed by atoms with Gasteiger partial charge in [-0.2, -0.15) is 0 Å². The molecule has 1 aliphatic carbocycles. The second-order valence-corrected chi connectivity index (χ2v) is 4.49. The molecule has 90 valence electrons. The third-order valence-electron chi connectivity index (χ3n) is 3.34. The van der Waals surface area contributed by atoms with E-state index >= 15 is 0 Å². The first-order valence-electron chi connectivity index (χ1n) is 6.10. The van der Waals surface area contributed by atoms with Crippen molar-refractivity contribution in [2.24, 2.45) is 0 Å². The zero-order valence-corrected chi connectivity index (χ0v) is 9.61. The number of aryl methyl sites for hydroxylation is 1. The van der Waals surface area contributed by atoms with Crippen molar-refractivity contribution in [1.29, 1.82) is 0 Å². The smallest absolute Gasteiger partial charge is 0.254 e. The van der Waals surface area contributed by atoms with Crippen LogP contribution in [-0.4, -0.2) is 28.6 Å². The molecule has 0 radical (unpaired) electrons. The Bertz CT molecular complexity index is 441. The topological polar surface area (TPSA) is 64.1 Å². The second-order valence-electron chi connectivity index (χ2n) is 4.49. The van der Waals surface area contributed by atoms with Gasteiger partial charge in [-0.15, -0.1) is 0 Å². The van der Waals surface area contributed by atoms with Crippen LogP contribution in [0.25, 0.3) is 0 Å². The average molecular weight is 233 g/mol. The number of rotatable bonds is 2. The molecule has 3 rings (SSSR count). The quantitative estimate of drug-likeness (QED) is 0.830. The first-order chi connectivity index (χ1) is 8.34. The van der Waals surface area contributed by atoms with Gasteiger partial charge in [-0.05, 0) is 32.1 Å². The van der Waals surface area contributed by atoms with Crippen molar-refractivity contribution in [3.05, 3.63) is 17.6 Å². The van der Waals surface area contributed by atoms with Crippen LogP contribution >= 0.6 is 0 Å². The fraction of sp³-hybridized carbons (Fsp3) is 0.583. The highest BCUT2D eigenvalue weighted by molar-refractivity contribution is 5.94. The van der Waals surface area contributed by atoms with Gasteiger partial charge in [-0.25, -0.2) is 9.97 Å². The van der Waals surface area contributed by atoms with Gasteiger partial charge in [0.15, 0.2) is 0 Å². The van der Waals surface area contributed by atoms with Crippen LogP contribution in [0.5, 0.6) is 0 Å². The summed E-state index contributed by atoms with van der Waals surface area (Å²) in [7, 11) is 0. The summed E-state index contributed by atoms with van der Waals surface area (Å²) in [6.45, 7) is 0.681. The number of nitrogens with one attached hydrogen (secondary N) is 1. The van der Waals surface area contributed by atoms with E-state index in [1.807, 2.05) is 0 Å². The lowest BCUT2D eigenvalue weighted by atomic mass is 10.2. The maximum atomic E-state index is 11.9. The molecule has 0 bridgehead atoms. The molecule has 0 aromatic carbocycles. The number of fused-ring (bicyclic) bond motifs is 1. The number of hydrogen-bond donors (Lipinski definition) is 1. The van der Waals surface area contributed by atoms with E-state index in [9.17, 15) is 4.79 Å². The maximum Gasteiger partial charge on any atom is 0.254 e. The molecule has 1 N–H and O–H groups in total. The Morgan fingerprint density at radius 3 is 3.12 bits per heavy atom. The lowest BCUT2D eigenvalue weighted by Crippen LogP contribution is -2.27. The Hall–Kier alpha value is -1.49. The van der Waals surface area contributed by atoms with Crippen LogP contribution in [-0.2, 0) is 22.4 Å². The molecule has 1 fully saturated rings. The van der Waals surface area contributed by atoms with Crippen LogP contribution < -0.4 is 5.32 Å². The van der Waals surface area contributed by atoms with Gasteiger partial charge >= 0.3 is 0 Å². The molecule has 2 aliphatic rings. The molecule has 0 spiro atoms. The second kappa shape index (κ2) is 4.41.